The van der Waals surface area contributed by atoms with Crippen LogP contribution in [-0.2, 0) is 32.9 Å². The van der Waals surface area contributed by atoms with Crippen molar-refractivity contribution in [3.05, 3.63) is 150 Å². The van der Waals surface area contributed by atoms with Crippen molar-refractivity contribution in [3.8, 4) is 22.5 Å². The molecular formula is C40H35IrN3O-2. The molecule has 0 saturated heterocycles. The molecule has 5 heteroatoms. The fourth-order valence-corrected chi connectivity index (χ4v) is 5.23. The van der Waals surface area contributed by atoms with Crippen molar-refractivity contribution >= 4 is 22.1 Å². The van der Waals surface area contributed by atoms with Crippen molar-refractivity contribution in [2.75, 3.05) is 0 Å². The molecule has 0 saturated carbocycles. The molecule has 4 aromatic heterocycles. The zero-order valence-electron chi connectivity index (χ0n) is 28.5. The summed E-state index contributed by atoms with van der Waals surface area (Å²) < 4.78 is 29.0. The molecule has 3 aromatic carbocycles. The number of benzene rings is 3. The van der Waals surface area contributed by atoms with Gasteiger partial charge in [-0.25, -0.2) is 4.98 Å². The minimum Gasteiger partial charge on any atom is -0.486 e. The monoisotopic (exact) mass is 769 g/mol. The standard InChI is InChI=1S/C29H27N2O.C11H8N.Ir/c1-19-8-13-24-23-6-5-7-25(27(23)32-28(24)31-19)26-17-22(14-15-30-26)16-20-9-11-21(12-10-20)18-29(2,3)4;1-2-6-10(7-3-1)11-8-4-5-9-12-11;/h5-6,8-15,17H,16,18H2,1-4H3;1-6,8-9H;/q2*-1;/i1D3;;. The van der Waals surface area contributed by atoms with Crippen LogP contribution in [0.1, 0.15) is 47.3 Å². The van der Waals surface area contributed by atoms with Crippen molar-refractivity contribution in [3.63, 3.8) is 0 Å². The topological polar surface area (TPSA) is 51.8 Å². The molecule has 0 fully saturated rings. The normalized spacial score (nSPS) is 12.4. The SMILES string of the molecule is [2H]C([2H])([2H])c1ccc2c(n1)oc1c(-c3cc(Cc4ccc(CC(C)(C)C)cc4)ccn3)[c-]ccc12.[Ir].[c-]1ccccc1-c1ccccn1. The van der Waals surface area contributed by atoms with E-state index in [0.29, 0.717) is 11.3 Å². The number of aromatic nitrogens is 3. The van der Waals surface area contributed by atoms with Gasteiger partial charge < -0.3 is 14.4 Å². The summed E-state index contributed by atoms with van der Waals surface area (Å²) in [5.41, 5.74) is 8.42. The van der Waals surface area contributed by atoms with Crippen molar-refractivity contribution in [1.29, 1.82) is 0 Å². The Morgan fingerprint density at radius 3 is 2.27 bits per heavy atom. The van der Waals surface area contributed by atoms with E-state index in [0.717, 1.165) is 51.7 Å². The van der Waals surface area contributed by atoms with Crippen LogP contribution in [0.25, 0.3) is 44.6 Å². The van der Waals surface area contributed by atoms with Crippen molar-refractivity contribution in [1.82, 2.24) is 15.0 Å². The number of pyridine rings is 3. The molecule has 1 radical (unpaired) electrons. The van der Waals surface area contributed by atoms with Crippen LogP contribution in [0.3, 0.4) is 0 Å². The quantitative estimate of drug-likeness (QED) is 0.164. The molecule has 227 valence electrons. The molecule has 0 aliphatic rings. The summed E-state index contributed by atoms with van der Waals surface area (Å²) in [4.78, 5) is 13.1. The van der Waals surface area contributed by atoms with Gasteiger partial charge in [-0.1, -0.05) is 74.2 Å². The number of fused-ring (bicyclic) bond motifs is 3. The molecule has 4 heterocycles. The summed E-state index contributed by atoms with van der Waals surface area (Å²) >= 11 is 0. The van der Waals surface area contributed by atoms with E-state index in [9.17, 15) is 0 Å². The average molecular weight is 769 g/mol. The number of furan rings is 1. The van der Waals surface area contributed by atoms with Gasteiger partial charge in [-0.05, 0) is 77.5 Å². The Labute approximate surface area is 283 Å². The van der Waals surface area contributed by atoms with Crippen LogP contribution in [0.15, 0.2) is 120 Å². The fourth-order valence-electron chi connectivity index (χ4n) is 5.23. The summed E-state index contributed by atoms with van der Waals surface area (Å²) in [5, 5.41) is 1.63. The molecule has 7 rings (SSSR count). The number of rotatable bonds is 5. The van der Waals surface area contributed by atoms with E-state index in [1.165, 1.54) is 17.2 Å². The van der Waals surface area contributed by atoms with Crippen LogP contribution in [0.5, 0.6) is 0 Å². The largest absolute Gasteiger partial charge is 0.486 e. The zero-order chi connectivity index (χ0) is 33.0. The van der Waals surface area contributed by atoms with Gasteiger partial charge in [-0.2, -0.15) is 0 Å². The number of hydrogen-bond donors (Lipinski definition) is 0. The second-order valence-corrected chi connectivity index (χ2v) is 12.0. The van der Waals surface area contributed by atoms with Crippen LogP contribution < -0.4 is 0 Å². The predicted molar refractivity (Wildman–Crippen MR) is 179 cm³/mol. The molecule has 0 atom stereocenters. The fraction of sp³-hybridized carbons (Fsp3) is 0.175. The van der Waals surface area contributed by atoms with Crippen molar-refractivity contribution in [2.45, 2.75) is 40.5 Å². The smallest absolute Gasteiger partial charge is 0.216 e. The van der Waals surface area contributed by atoms with E-state index in [-0.39, 0.29) is 31.2 Å². The van der Waals surface area contributed by atoms with Crippen LogP contribution in [-0.4, -0.2) is 15.0 Å². The van der Waals surface area contributed by atoms with Gasteiger partial charge in [0.1, 0.15) is 0 Å². The first kappa shape index (κ1) is 28.1. The second-order valence-electron chi connectivity index (χ2n) is 12.0. The van der Waals surface area contributed by atoms with E-state index < -0.39 is 6.85 Å². The maximum atomic E-state index is 7.64. The molecule has 0 amide bonds. The molecule has 0 unspecified atom stereocenters. The number of nitrogens with zero attached hydrogens (tertiary/aromatic N) is 3. The van der Waals surface area contributed by atoms with Crippen molar-refractivity contribution in [2.24, 2.45) is 5.41 Å². The summed E-state index contributed by atoms with van der Waals surface area (Å²) in [5.74, 6) is 0. The van der Waals surface area contributed by atoms with E-state index in [1.54, 1.807) is 18.5 Å². The maximum Gasteiger partial charge on any atom is 0.216 e. The molecule has 7 aromatic rings. The Morgan fingerprint density at radius 2 is 1.53 bits per heavy atom. The summed E-state index contributed by atoms with van der Waals surface area (Å²) in [6.07, 6.45) is 5.44. The second kappa shape index (κ2) is 14.1. The minimum atomic E-state index is -2.29. The van der Waals surface area contributed by atoms with Gasteiger partial charge >= 0.3 is 0 Å². The molecule has 4 nitrogen and oxygen atoms in total. The molecule has 0 aliphatic carbocycles. The van der Waals surface area contributed by atoms with Gasteiger partial charge in [-0.15, -0.1) is 54.1 Å². The van der Waals surface area contributed by atoms with Gasteiger partial charge in [-0.3, -0.25) is 0 Å². The molecule has 0 aliphatic heterocycles. The van der Waals surface area contributed by atoms with Crippen LogP contribution >= 0.6 is 0 Å². The molecule has 0 spiro atoms. The Kier molecular flexibility index (Phi) is 8.80. The van der Waals surface area contributed by atoms with Gasteiger partial charge in [0.2, 0.25) is 5.71 Å². The third kappa shape index (κ3) is 7.99. The van der Waals surface area contributed by atoms with E-state index >= 15 is 0 Å². The molecule has 45 heavy (non-hydrogen) atoms. The summed E-state index contributed by atoms with van der Waals surface area (Å²) in [7, 11) is 0. The first-order valence-corrected chi connectivity index (χ1v) is 14.7. The molecular weight excluding hydrogens is 731 g/mol. The minimum absolute atomic E-state index is 0. The van der Waals surface area contributed by atoms with Crippen LogP contribution in [0, 0.1) is 24.4 Å². The first-order chi connectivity index (χ1) is 22.5. The van der Waals surface area contributed by atoms with Gasteiger partial charge in [0.05, 0.1) is 5.58 Å². The Morgan fingerprint density at radius 1 is 0.733 bits per heavy atom. The zero-order valence-corrected chi connectivity index (χ0v) is 27.9. The third-order valence-corrected chi connectivity index (χ3v) is 7.19. The van der Waals surface area contributed by atoms with Crippen molar-refractivity contribution < 1.29 is 28.6 Å². The Hall–Kier alpha value is -4.44. The van der Waals surface area contributed by atoms with Crippen LogP contribution in [0.2, 0.25) is 0 Å². The predicted octanol–water partition coefficient (Wildman–Crippen LogP) is 9.88. The summed E-state index contributed by atoms with van der Waals surface area (Å²) in [6, 6.07) is 40.0. The van der Waals surface area contributed by atoms with Gasteiger partial charge in [0, 0.05) is 47.7 Å². The first-order valence-electron chi connectivity index (χ1n) is 16.2. The average Bonchev–Trinajstić information content (AvgIpc) is 3.44. The van der Waals surface area contributed by atoms with Gasteiger partial charge in [0.15, 0.2) is 0 Å². The third-order valence-electron chi connectivity index (χ3n) is 7.19. The van der Waals surface area contributed by atoms with E-state index in [1.807, 2.05) is 60.7 Å². The Balaban J connectivity index is 0.000000291. The molecule has 0 bridgehead atoms. The Bertz CT molecular complexity index is 2070. The van der Waals surface area contributed by atoms with Gasteiger partial charge in [0.25, 0.3) is 0 Å². The molecule has 0 N–H and O–H groups in total. The van der Waals surface area contributed by atoms with Crippen LogP contribution in [0.4, 0.5) is 0 Å². The number of aryl methyl sites for hydroxylation is 1. The maximum absolute atomic E-state index is 7.64. The van der Waals surface area contributed by atoms with E-state index in [2.05, 4.69) is 78.2 Å². The summed E-state index contributed by atoms with van der Waals surface area (Å²) in [6.45, 7) is 4.47. The number of hydrogen-bond acceptors (Lipinski definition) is 4. The van der Waals surface area contributed by atoms with E-state index in [4.69, 9.17) is 8.53 Å².